The standard InChI is InChI=1S/C11H13ClFNO.ClH/c1-2-3-4-9(14)7-5-6-8(13)10(12)11(7)15;/h2,5-6,9,15H,1,3-4,14H2;1H/t9-;/m0./s1. The molecule has 0 spiro atoms. The van der Waals surface area contributed by atoms with Gasteiger partial charge in [0.2, 0.25) is 0 Å². The van der Waals surface area contributed by atoms with E-state index in [0.717, 1.165) is 6.42 Å². The molecular weight excluding hydrogens is 252 g/mol. The maximum Gasteiger partial charge on any atom is 0.145 e. The maximum atomic E-state index is 12.9. The largest absolute Gasteiger partial charge is 0.506 e. The molecule has 0 radical (unpaired) electrons. The van der Waals surface area contributed by atoms with E-state index in [-0.39, 0.29) is 29.2 Å². The number of halogens is 3. The Morgan fingerprint density at radius 1 is 1.56 bits per heavy atom. The number of benzene rings is 1. The summed E-state index contributed by atoms with van der Waals surface area (Å²) in [6.07, 6.45) is 3.11. The van der Waals surface area contributed by atoms with Gasteiger partial charge in [0.25, 0.3) is 0 Å². The van der Waals surface area contributed by atoms with E-state index in [1.807, 2.05) is 0 Å². The molecule has 90 valence electrons. The molecule has 16 heavy (non-hydrogen) atoms. The Balaban J connectivity index is 0.00000225. The lowest BCUT2D eigenvalue weighted by Crippen LogP contribution is -2.10. The third kappa shape index (κ3) is 3.37. The molecule has 0 saturated heterocycles. The van der Waals surface area contributed by atoms with Crippen LogP contribution >= 0.6 is 24.0 Å². The molecule has 1 rings (SSSR count). The predicted octanol–water partition coefficient (Wildman–Crippen LogP) is 3.57. The van der Waals surface area contributed by atoms with Crippen LogP contribution in [-0.4, -0.2) is 5.11 Å². The van der Waals surface area contributed by atoms with Crippen LogP contribution in [0.4, 0.5) is 4.39 Å². The van der Waals surface area contributed by atoms with Crippen LogP contribution in [0.2, 0.25) is 5.02 Å². The zero-order chi connectivity index (χ0) is 11.4. The highest BCUT2D eigenvalue weighted by Crippen LogP contribution is 2.34. The van der Waals surface area contributed by atoms with Crippen molar-refractivity contribution in [3.8, 4) is 5.75 Å². The van der Waals surface area contributed by atoms with E-state index in [2.05, 4.69) is 6.58 Å². The third-order valence-corrected chi connectivity index (χ3v) is 2.54. The summed E-state index contributed by atoms with van der Waals surface area (Å²) in [7, 11) is 0. The van der Waals surface area contributed by atoms with Crippen molar-refractivity contribution in [1.29, 1.82) is 0 Å². The Hall–Kier alpha value is -0.770. The number of nitrogens with two attached hydrogens (primary N) is 1. The quantitative estimate of drug-likeness (QED) is 0.818. The van der Waals surface area contributed by atoms with Gasteiger partial charge in [0.1, 0.15) is 16.6 Å². The van der Waals surface area contributed by atoms with Crippen LogP contribution in [0.5, 0.6) is 5.75 Å². The third-order valence-electron chi connectivity index (χ3n) is 2.18. The summed E-state index contributed by atoms with van der Waals surface area (Å²) < 4.78 is 12.9. The Morgan fingerprint density at radius 2 is 2.19 bits per heavy atom. The van der Waals surface area contributed by atoms with Gasteiger partial charge in [-0.1, -0.05) is 23.7 Å². The van der Waals surface area contributed by atoms with Crippen molar-refractivity contribution in [2.75, 3.05) is 0 Å². The van der Waals surface area contributed by atoms with E-state index in [1.54, 1.807) is 6.08 Å². The molecule has 0 amide bonds. The number of allylic oxidation sites excluding steroid dienone is 1. The molecule has 0 aliphatic carbocycles. The highest BCUT2D eigenvalue weighted by Gasteiger charge is 2.15. The van der Waals surface area contributed by atoms with Crippen LogP contribution in [0.1, 0.15) is 24.4 Å². The van der Waals surface area contributed by atoms with Crippen LogP contribution in [0, 0.1) is 5.82 Å². The van der Waals surface area contributed by atoms with Crippen molar-refractivity contribution in [2.24, 2.45) is 5.73 Å². The average molecular weight is 266 g/mol. The summed E-state index contributed by atoms with van der Waals surface area (Å²) in [6, 6.07) is 2.29. The van der Waals surface area contributed by atoms with Gasteiger partial charge in [-0.2, -0.15) is 0 Å². The number of hydrogen-bond acceptors (Lipinski definition) is 2. The average Bonchev–Trinajstić information content (AvgIpc) is 2.23. The lowest BCUT2D eigenvalue weighted by atomic mass is 10.0. The molecule has 1 aromatic rings. The Kier molecular flexibility index (Phi) is 6.41. The Morgan fingerprint density at radius 3 is 2.75 bits per heavy atom. The Labute approximate surface area is 105 Å². The maximum absolute atomic E-state index is 12.9. The second-order valence-electron chi connectivity index (χ2n) is 3.27. The van der Waals surface area contributed by atoms with Gasteiger partial charge in [-0.25, -0.2) is 4.39 Å². The molecule has 0 aliphatic rings. The van der Waals surface area contributed by atoms with E-state index in [9.17, 15) is 9.50 Å². The van der Waals surface area contributed by atoms with Crippen LogP contribution in [0.3, 0.4) is 0 Å². The van der Waals surface area contributed by atoms with Gasteiger partial charge in [-0.3, -0.25) is 0 Å². The van der Waals surface area contributed by atoms with Crippen molar-refractivity contribution in [3.05, 3.63) is 41.2 Å². The normalized spacial score (nSPS) is 11.7. The zero-order valence-electron chi connectivity index (χ0n) is 8.62. The number of phenols is 1. The van der Waals surface area contributed by atoms with Crippen LogP contribution in [0.25, 0.3) is 0 Å². The molecule has 0 saturated carbocycles. The molecule has 0 unspecified atom stereocenters. The van der Waals surface area contributed by atoms with Gasteiger partial charge in [0.15, 0.2) is 0 Å². The number of aromatic hydroxyl groups is 1. The summed E-state index contributed by atoms with van der Waals surface area (Å²) in [6.45, 7) is 3.58. The van der Waals surface area contributed by atoms with Gasteiger partial charge in [0, 0.05) is 11.6 Å². The molecule has 0 aromatic heterocycles. The minimum absolute atomic E-state index is 0. The van der Waals surface area contributed by atoms with Crippen LogP contribution < -0.4 is 5.73 Å². The molecule has 0 heterocycles. The first-order chi connectivity index (χ1) is 7.07. The zero-order valence-corrected chi connectivity index (χ0v) is 10.2. The molecule has 3 N–H and O–H groups in total. The van der Waals surface area contributed by atoms with Crippen LogP contribution in [-0.2, 0) is 0 Å². The topological polar surface area (TPSA) is 46.2 Å². The molecule has 1 aromatic carbocycles. The molecule has 0 aliphatic heterocycles. The van der Waals surface area contributed by atoms with E-state index in [0.29, 0.717) is 12.0 Å². The van der Waals surface area contributed by atoms with Crippen molar-refractivity contribution >= 4 is 24.0 Å². The Bertz CT molecular complexity index is 371. The summed E-state index contributed by atoms with van der Waals surface area (Å²) in [5, 5.41) is 9.29. The minimum Gasteiger partial charge on any atom is -0.506 e. The monoisotopic (exact) mass is 265 g/mol. The second kappa shape index (κ2) is 6.74. The molecular formula is C11H14Cl2FNO. The SMILES string of the molecule is C=CCC[C@H](N)c1ccc(F)c(Cl)c1O.Cl. The highest BCUT2D eigenvalue weighted by molar-refractivity contribution is 6.32. The van der Waals surface area contributed by atoms with Crippen molar-refractivity contribution in [3.63, 3.8) is 0 Å². The van der Waals surface area contributed by atoms with Crippen molar-refractivity contribution in [1.82, 2.24) is 0 Å². The van der Waals surface area contributed by atoms with Gasteiger partial charge in [-0.15, -0.1) is 19.0 Å². The number of rotatable bonds is 4. The lowest BCUT2D eigenvalue weighted by molar-refractivity contribution is 0.453. The number of hydrogen-bond donors (Lipinski definition) is 2. The number of phenolic OH excluding ortho intramolecular Hbond substituents is 1. The summed E-state index contributed by atoms with van der Waals surface area (Å²) >= 11 is 5.56. The smallest absolute Gasteiger partial charge is 0.145 e. The molecule has 5 heteroatoms. The fourth-order valence-electron chi connectivity index (χ4n) is 1.31. The van der Waals surface area contributed by atoms with E-state index < -0.39 is 5.82 Å². The van der Waals surface area contributed by atoms with Gasteiger partial charge in [0.05, 0.1) is 0 Å². The van der Waals surface area contributed by atoms with Crippen molar-refractivity contribution in [2.45, 2.75) is 18.9 Å². The first-order valence-corrected chi connectivity index (χ1v) is 4.99. The fourth-order valence-corrected chi connectivity index (χ4v) is 1.48. The first kappa shape index (κ1) is 15.2. The van der Waals surface area contributed by atoms with Gasteiger partial charge < -0.3 is 10.8 Å². The first-order valence-electron chi connectivity index (χ1n) is 4.61. The van der Waals surface area contributed by atoms with Crippen molar-refractivity contribution < 1.29 is 9.50 Å². The fraction of sp³-hybridized carbons (Fsp3) is 0.273. The predicted molar refractivity (Wildman–Crippen MR) is 66.7 cm³/mol. The molecule has 1 atom stereocenters. The molecule has 2 nitrogen and oxygen atoms in total. The second-order valence-corrected chi connectivity index (χ2v) is 3.65. The van der Waals surface area contributed by atoms with E-state index in [4.69, 9.17) is 17.3 Å². The van der Waals surface area contributed by atoms with Gasteiger partial charge >= 0.3 is 0 Å². The lowest BCUT2D eigenvalue weighted by Gasteiger charge is -2.13. The minimum atomic E-state index is -0.645. The van der Waals surface area contributed by atoms with E-state index in [1.165, 1.54) is 12.1 Å². The van der Waals surface area contributed by atoms with E-state index >= 15 is 0 Å². The van der Waals surface area contributed by atoms with Gasteiger partial charge in [-0.05, 0) is 18.9 Å². The summed E-state index contributed by atoms with van der Waals surface area (Å²) in [4.78, 5) is 0. The highest BCUT2D eigenvalue weighted by atomic mass is 35.5. The molecule has 0 bridgehead atoms. The summed E-state index contributed by atoms with van der Waals surface area (Å²) in [5.74, 6) is -0.915. The van der Waals surface area contributed by atoms with Crippen LogP contribution in [0.15, 0.2) is 24.8 Å². The molecule has 0 fully saturated rings. The summed E-state index contributed by atoms with van der Waals surface area (Å²) in [5.41, 5.74) is 6.27.